The van der Waals surface area contributed by atoms with Crippen LogP contribution in [0.5, 0.6) is 0 Å². The van der Waals surface area contributed by atoms with E-state index in [-0.39, 0.29) is 13.2 Å². The molecule has 2 heterocycles. The Hall–Kier alpha value is -1.98. The number of aliphatic hydroxyl groups excluding tert-OH is 1. The molecule has 0 aromatic rings. The van der Waals surface area contributed by atoms with E-state index in [1.54, 1.807) is 0 Å². The summed E-state index contributed by atoms with van der Waals surface area (Å²) in [5, 5.41) is 20.0. The number of nitrogens with zero attached hydrogens (tertiary/aromatic N) is 1. The first kappa shape index (κ1) is 15.4. The van der Waals surface area contributed by atoms with Crippen LogP contribution in [-0.2, 0) is 28.6 Å². The van der Waals surface area contributed by atoms with E-state index >= 15 is 0 Å². The lowest BCUT2D eigenvalue weighted by molar-refractivity contribution is -0.769. The number of esters is 1. The van der Waals surface area contributed by atoms with Gasteiger partial charge in [-0.25, -0.2) is 0 Å². The standard InChI is InChI=1S/C10H14N2O9/c13-2-7(14)11-1-8(15)20-5-3-18-10-6(21-12(16)17)4-19-9(5)10/h5-6,9-10,13H,1-4H2,(H,11,14)/t5-,6?,9-,10-/m1/s1. The molecule has 21 heavy (non-hydrogen) atoms. The van der Waals surface area contributed by atoms with Gasteiger partial charge in [0.1, 0.15) is 25.4 Å². The van der Waals surface area contributed by atoms with Crippen LogP contribution in [0.2, 0.25) is 0 Å². The highest BCUT2D eigenvalue weighted by Gasteiger charge is 2.51. The molecule has 2 fully saturated rings. The molecule has 1 amide bonds. The van der Waals surface area contributed by atoms with Gasteiger partial charge in [0.25, 0.3) is 5.09 Å². The number of amides is 1. The summed E-state index contributed by atoms with van der Waals surface area (Å²) >= 11 is 0. The van der Waals surface area contributed by atoms with E-state index in [0.717, 1.165) is 0 Å². The van der Waals surface area contributed by atoms with Gasteiger partial charge in [0.2, 0.25) is 5.91 Å². The predicted molar refractivity (Wildman–Crippen MR) is 61.3 cm³/mol. The number of nitrogens with one attached hydrogen (secondary N) is 1. The van der Waals surface area contributed by atoms with Crippen LogP contribution in [0.3, 0.4) is 0 Å². The van der Waals surface area contributed by atoms with Gasteiger partial charge in [-0.2, -0.15) is 0 Å². The molecule has 0 radical (unpaired) electrons. The fraction of sp³-hybridized carbons (Fsp3) is 0.800. The molecule has 0 bridgehead atoms. The van der Waals surface area contributed by atoms with E-state index in [2.05, 4.69) is 10.2 Å². The SMILES string of the molecule is O=C(CO)NCC(=O)O[C@@H]1CO[C@@H]2C(O[N+](=O)[O-])CO[C@@H]21. The Balaban J connectivity index is 1.80. The average Bonchev–Trinajstić information content (AvgIpc) is 3.00. The number of carbonyl (C=O) groups is 2. The summed E-state index contributed by atoms with van der Waals surface area (Å²) in [6.45, 7) is -1.14. The lowest BCUT2D eigenvalue weighted by Gasteiger charge is -2.16. The van der Waals surface area contributed by atoms with E-state index in [1.807, 2.05) is 0 Å². The van der Waals surface area contributed by atoms with E-state index in [1.165, 1.54) is 0 Å². The predicted octanol–water partition coefficient (Wildman–Crippen LogP) is -2.62. The Bertz CT molecular complexity index is 429. The number of rotatable bonds is 6. The molecule has 2 saturated heterocycles. The lowest BCUT2D eigenvalue weighted by Crippen LogP contribution is -2.38. The first-order valence-corrected chi connectivity index (χ1v) is 6.12. The van der Waals surface area contributed by atoms with Gasteiger partial charge in [0.05, 0.1) is 13.2 Å². The summed E-state index contributed by atoms with van der Waals surface area (Å²) in [4.78, 5) is 37.0. The van der Waals surface area contributed by atoms with Crippen molar-refractivity contribution >= 4 is 11.9 Å². The molecule has 4 atom stereocenters. The topological polar surface area (TPSA) is 146 Å². The lowest BCUT2D eigenvalue weighted by atomic mass is 10.1. The zero-order valence-corrected chi connectivity index (χ0v) is 10.8. The fourth-order valence-electron chi connectivity index (χ4n) is 2.17. The van der Waals surface area contributed by atoms with Gasteiger partial charge in [-0.05, 0) is 0 Å². The van der Waals surface area contributed by atoms with E-state index in [9.17, 15) is 19.7 Å². The number of ether oxygens (including phenoxy) is 3. The van der Waals surface area contributed by atoms with Crippen molar-refractivity contribution in [2.45, 2.75) is 24.4 Å². The van der Waals surface area contributed by atoms with Crippen molar-refractivity contribution in [3.8, 4) is 0 Å². The quantitative estimate of drug-likeness (QED) is 0.306. The molecule has 118 valence electrons. The summed E-state index contributed by atoms with van der Waals surface area (Å²) < 4.78 is 15.6. The first-order valence-electron chi connectivity index (χ1n) is 6.12. The Morgan fingerprint density at radius 2 is 1.90 bits per heavy atom. The maximum Gasteiger partial charge on any atom is 0.325 e. The minimum Gasteiger partial charge on any atom is -0.456 e. The highest BCUT2D eigenvalue weighted by atomic mass is 17.0. The molecule has 0 aromatic heterocycles. The van der Waals surface area contributed by atoms with Crippen LogP contribution in [0.25, 0.3) is 0 Å². The Morgan fingerprint density at radius 3 is 2.52 bits per heavy atom. The number of hydrogen-bond donors (Lipinski definition) is 2. The van der Waals surface area contributed by atoms with Crippen LogP contribution in [0.4, 0.5) is 0 Å². The van der Waals surface area contributed by atoms with Gasteiger partial charge in [-0.1, -0.05) is 0 Å². The molecule has 0 saturated carbocycles. The molecule has 0 spiro atoms. The molecule has 1 unspecified atom stereocenters. The van der Waals surface area contributed by atoms with Gasteiger partial charge in [0.15, 0.2) is 12.2 Å². The highest BCUT2D eigenvalue weighted by Crippen LogP contribution is 2.30. The van der Waals surface area contributed by atoms with E-state index in [4.69, 9.17) is 19.3 Å². The Morgan fingerprint density at radius 1 is 1.29 bits per heavy atom. The van der Waals surface area contributed by atoms with Crippen LogP contribution in [0.1, 0.15) is 0 Å². The Kier molecular flexibility index (Phi) is 4.88. The average molecular weight is 306 g/mol. The summed E-state index contributed by atoms with van der Waals surface area (Å²) in [6, 6.07) is 0. The van der Waals surface area contributed by atoms with Crippen LogP contribution >= 0.6 is 0 Å². The molecule has 11 nitrogen and oxygen atoms in total. The van der Waals surface area contributed by atoms with E-state index in [0.29, 0.717) is 0 Å². The molecular formula is C10H14N2O9. The van der Waals surface area contributed by atoms with Crippen LogP contribution < -0.4 is 5.32 Å². The van der Waals surface area contributed by atoms with Gasteiger partial charge in [-0.15, -0.1) is 10.1 Å². The summed E-state index contributed by atoms with van der Waals surface area (Å²) in [5.74, 6) is -1.43. The molecular weight excluding hydrogens is 292 g/mol. The molecule has 2 N–H and O–H groups in total. The monoisotopic (exact) mass is 306 g/mol. The largest absolute Gasteiger partial charge is 0.456 e. The van der Waals surface area contributed by atoms with Crippen molar-refractivity contribution in [1.29, 1.82) is 0 Å². The first-order chi connectivity index (χ1) is 10.0. The fourth-order valence-corrected chi connectivity index (χ4v) is 2.17. The zero-order valence-electron chi connectivity index (χ0n) is 10.8. The number of hydrogen-bond acceptors (Lipinski definition) is 9. The van der Waals surface area contributed by atoms with Crippen LogP contribution in [0, 0.1) is 10.1 Å². The maximum absolute atomic E-state index is 11.5. The van der Waals surface area contributed by atoms with Crippen molar-refractivity contribution in [3.05, 3.63) is 10.1 Å². The maximum atomic E-state index is 11.5. The normalized spacial score (nSPS) is 30.5. The third-order valence-corrected chi connectivity index (χ3v) is 3.04. The van der Waals surface area contributed by atoms with Crippen molar-refractivity contribution in [2.75, 3.05) is 26.4 Å². The van der Waals surface area contributed by atoms with Gasteiger partial charge in [-0.3, -0.25) is 9.59 Å². The zero-order chi connectivity index (χ0) is 15.4. The van der Waals surface area contributed by atoms with Crippen LogP contribution in [-0.4, -0.2) is 72.9 Å². The third kappa shape index (κ3) is 3.77. The van der Waals surface area contributed by atoms with Gasteiger partial charge < -0.3 is 29.5 Å². The molecule has 0 aliphatic carbocycles. The minimum atomic E-state index is -0.927. The Labute approximate surface area is 118 Å². The van der Waals surface area contributed by atoms with Crippen LogP contribution in [0.15, 0.2) is 0 Å². The van der Waals surface area contributed by atoms with Crippen molar-refractivity contribution in [3.63, 3.8) is 0 Å². The van der Waals surface area contributed by atoms with Crippen molar-refractivity contribution in [2.24, 2.45) is 0 Å². The highest BCUT2D eigenvalue weighted by molar-refractivity contribution is 5.82. The third-order valence-electron chi connectivity index (χ3n) is 3.04. The minimum absolute atomic E-state index is 0.0204. The molecule has 2 rings (SSSR count). The number of carbonyl (C=O) groups excluding carboxylic acids is 2. The smallest absolute Gasteiger partial charge is 0.325 e. The second kappa shape index (κ2) is 6.65. The molecule has 0 aromatic carbocycles. The number of aliphatic hydroxyl groups is 1. The van der Waals surface area contributed by atoms with Gasteiger partial charge >= 0.3 is 5.97 Å². The second-order valence-corrected chi connectivity index (χ2v) is 4.43. The van der Waals surface area contributed by atoms with Crippen molar-refractivity contribution < 1.29 is 38.8 Å². The van der Waals surface area contributed by atoms with Crippen molar-refractivity contribution in [1.82, 2.24) is 5.32 Å². The van der Waals surface area contributed by atoms with Gasteiger partial charge in [0, 0.05) is 0 Å². The molecule has 11 heteroatoms. The second-order valence-electron chi connectivity index (χ2n) is 4.43. The number of fused-ring (bicyclic) bond motifs is 1. The summed E-state index contributed by atoms with van der Waals surface area (Å²) in [5.41, 5.74) is 0. The summed E-state index contributed by atoms with van der Waals surface area (Å²) in [6.07, 6.45) is -2.91. The van der Waals surface area contributed by atoms with E-state index < -0.39 is 54.5 Å². The summed E-state index contributed by atoms with van der Waals surface area (Å²) in [7, 11) is 0. The molecule has 2 aliphatic rings. The molecule has 2 aliphatic heterocycles.